The van der Waals surface area contributed by atoms with Crippen molar-refractivity contribution >= 4 is 33.5 Å². The topological polar surface area (TPSA) is 102 Å². The number of aliphatic carboxylic acids is 1. The number of nitrogens with two attached hydrogens (primary N) is 1. The van der Waals surface area contributed by atoms with Crippen LogP contribution < -0.4 is 11.1 Å². The van der Waals surface area contributed by atoms with Crippen LogP contribution in [0.15, 0.2) is 22.7 Å². The van der Waals surface area contributed by atoms with Crippen LogP contribution in [0.5, 0.6) is 0 Å². The van der Waals surface area contributed by atoms with Gasteiger partial charge in [-0.1, -0.05) is 6.07 Å². The van der Waals surface area contributed by atoms with E-state index in [2.05, 4.69) is 21.2 Å². The lowest BCUT2D eigenvalue weighted by Crippen LogP contribution is -2.18. The summed E-state index contributed by atoms with van der Waals surface area (Å²) in [5.41, 5.74) is 6.20. The third-order valence-corrected chi connectivity index (χ3v) is 2.71. The predicted octanol–water partition coefficient (Wildman–Crippen LogP) is 1.06. The van der Waals surface area contributed by atoms with E-state index < -0.39 is 11.9 Å². The van der Waals surface area contributed by atoms with E-state index in [9.17, 15) is 9.59 Å². The summed E-state index contributed by atoms with van der Waals surface area (Å²) in [5, 5.41) is 11.3. The predicted molar refractivity (Wildman–Crippen MR) is 69.6 cm³/mol. The minimum Gasteiger partial charge on any atom is -0.480 e. The summed E-state index contributed by atoms with van der Waals surface area (Å²) >= 11 is 3.24. The fraction of sp³-hybridized carbons (Fsp3) is 0.273. The molecule has 1 aromatic carbocycles. The standard InChI is InChI=1S/C11H13BrN2O4/c12-7-2-1-3-8(10(7)11(13)17)14-4-5-18-6-9(15)16/h1-3,14H,4-6H2,(H2,13,17)(H,15,16). The number of hydrogen-bond donors (Lipinski definition) is 3. The van der Waals surface area contributed by atoms with Gasteiger partial charge in [0.25, 0.3) is 5.91 Å². The zero-order chi connectivity index (χ0) is 13.5. The van der Waals surface area contributed by atoms with Crippen LogP contribution in [0.4, 0.5) is 5.69 Å². The Bertz CT molecular complexity index is 451. The summed E-state index contributed by atoms with van der Waals surface area (Å²) in [6.07, 6.45) is 0. The molecule has 0 heterocycles. The van der Waals surface area contributed by atoms with Crippen molar-refractivity contribution in [1.29, 1.82) is 0 Å². The Morgan fingerprint density at radius 1 is 1.44 bits per heavy atom. The van der Waals surface area contributed by atoms with Crippen molar-refractivity contribution in [1.82, 2.24) is 0 Å². The molecule has 0 spiro atoms. The Labute approximate surface area is 112 Å². The van der Waals surface area contributed by atoms with E-state index in [4.69, 9.17) is 15.6 Å². The molecule has 98 valence electrons. The summed E-state index contributed by atoms with van der Waals surface area (Å²) < 4.78 is 5.46. The minimum atomic E-state index is -1.02. The van der Waals surface area contributed by atoms with Gasteiger partial charge in [0.05, 0.1) is 12.2 Å². The van der Waals surface area contributed by atoms with Crippen LogP contribution in [0, 0.1) is 0 Å². The number of primary amides is 1. The van der Waals surface area contributed by atoms with E-state index in [0.29, 0.717) is 22.3 Å². The van der Waals surface area contributed by atoms with Crippen LogP contribution in [0.2, 0.25) is 0 Å². The zero-order valence-electron chi connectivity index (χ0n) is 9.48. The molecule has 6 nitrogen and oxygen atoms in total. The van der Waals surface area contributed by atoms with Gasteiger partial charge in [-0.15, -0.1) is 0 Å². The second-order valence-electron chi connectivity index (χ2n) is 3.40. The van der Waals surface area contributed by atoms with E-state index in [1.54, 1.807) is 18.2 Å². The molecular weight excluding hydrogens is 304 g/mol. The first kappa shape index (κ1) is 14.5. The lowest BCUT2D eigenvalue weighted by molar-refractivity contribution is -0.142. The summed E-state index contributed by atoms with van der Waals surface area (Å²) in [6, 6.07) is 5.19. The minimum absolute atomic E-state index is 0.219. The summed E-state index contributed by atoms with van der Waals surface area (Å²) in [7, 11) is 0. The smallest absolute Gasteiger partial charge is 0.329 e. The number of carboxylic acids is 1. The highest BCUT2D eigenvalue weighted by atomic mass is 79.9. The maximum absolute atomic E-state index is 11.3. The molecule has 0 fully saturated rings. The molecule has 0 saturated carbocycles. The quantitative estimate of drug-likeness (QED) is 0.653. The van der Waals surface area contributed by atoms with Gasteiger partial charge in [-0.3, -0.25) is 4.79 Å². The average molecular weight is 317 g/mol. The van der Waals surface area contributed by atoms with Gasteiger partial charge in [-0.2, -0.15) is 0 Å². The maximum atomic E-state index is 11.3. The van der Waals surface area contributed by atoms with Gasteiger partial charge in [0.1, 0.15) is 6.61 Å². The second-order valence-corrected chi connectivity index (χ2v) is 4.25. The first-order chi connectivity index (χ1) is 8.52. The largest absolute Gasteiger partial charge is 0.480 e. The van der Waals surface area contributed by atoms with Crippen LogP contribution >= 0.6 is 15.9 Å². The highest BCUT2D eigenvalue weighted by Crippen LogP contribution is 2.23. The zero-order valence-corrected chi connectivity index (χ0v) is 11.1. The Balaban J connectivity index is 2.54. The van der Waals surface area contributed by atoms with E-state index in [-0.39, 0.29) is 13.2 Å². The van der Waals surface area contributed by atoms with Gasteiger partial charge in [-0.25, -0.2) is 4.79 Å². The Kier molecular flexibility index (Phi) is 5.60. The maximum Gasteiger partial charge on any atom is 0.329 e. The van der Waals surface area contributed by atoms with Crippen molar-refractivity contribution in [3.05, 3.63) is 28.2 Å². The highest BCUT2D eigenvalue weighted by molar-refractivity contribution is 9.10. The molecule has 1 rings (SSSR count). The van der Waals surface area contributed by atoms with Gasteiger partial charge in [0.2, 0.25) is 0 Å². The Morgan fingerprint density at radius 3 is 2.78 bits per heavy atom. The first-order valence-corrected chi connectivity index (χ1v) is 5.93. The summed E-state index contributed by atoms with van der Waals surface area (Å²) in [6.45, 7) is 0.254. The average Bonchev–Trinajstić information content (AvgIpc) is 2.27. The van der Waals surface area contributed by atoms with Gasteiger partial charge in [-0.05, 0) is 28.1 Å². The molecule has 0 aliphatic rings. The van der Waals surface area contributed by atoms with Crippen LogP contribution in [-0.4, -0.2) is 36.7 Å². The van der Waals surface area contributed by atoms with Crippen molar-refractivity contribution < 1.29 is 19.4 Å². The molecule has 0 saturated heterocycles. The SMILES string of the molecule is NC(=O)c1c(Br)cccc1NCCOCC(=O)O. The molecule has 7 heteroatoms. The number of amides is 1. The molecule has 4 N–H and O–H groups in total. The lowest BCUT2D eigenvalue weighted by Gasteiger charge is -2.11. The fourth-order valence-corrected chi connectivity index (χ4v) is 1.90. The van der Waals surface area contributed by atoms with Crippen LogP contribution in [0.25, 0.3) is 0 Å². The van der Waals surface area contributed by atoms with Gasteiger partial charge in [0.15, 0.2) is 0 Å². The molecule has 0 radical (unpaired) electrons. The van der Waals surface area contributed by atoms with E-state index >= 15 is 0 Å². The third kappa shape index (κ3) is 4.34. The number of halogens is 1. The van der Waals surface area contributed by atoms with Crippen molar-refractivity contribution in [3.63, 3.8) is 0 Å². The first-order valence-electron chi connectivity index (χ1n) is 5.14. The number of benzene rings is 1. The third-order valence-electron chi connectivity index (χ3n) is 2.05. The number of carbonyl (C=O) groups excluding carboxylic acids is 1. The molecule has 1 aromatic rings. The van der Waals surface area contributed by atoms with Crippen molar-refractivity contribution in [2.75, 3.05) is 25.1 Å². The molecule has 1 amide bonds. The van der Waals surface area contributed by atoms with E-state index in [1.807, 2.05) is 0 Å². The highest BCUT2D eigenvalue weighted by Gasteiger charge is 2.11. The van der Waals surface area contributed by atoms with Crippen molar-refractivity contribution in [3.8, 4) is 0 Å². The fourth-order valence-electron chi connectivity index (χ4n) is 1.34. The van der Waals surface area contributed by atoms with Crippen LogP contribution in [0.1, 0.15) is 10.4 Å². The van der Waals surface area contributed by atoms with Crippen molar-refractivity contribution in [2.24, 2.45) is 5.73 Å². The monoisotopic (exact) mass is 316 g/mol. The molecule has 0 bridgehead atoms. The normalized spacial score (nSPS) is 10.1. The lowest BCUT2D eigenvalue weighted by atomic mass is 10.1. The Hall–Kier alpha value is -1.60. The number of carbonyl (C=O) groups is 2. The molecule has 0 unspecified atom stereocenters. The van der Waals surface area contributed by atoms with Crippen LogP contribution in [-0.2, 0) is 9.53 Å². The molecule has 0 atom stereocenters. The molecular formula is C11H13BrN2O4. The molecule has 18 heavy (non-hydrogen) atoms. The van der Waals surface area contributed by atoms with Crippen molar-refractivity contribution in [2.45, 2.75) is 0 Å². The Morgan fingerprint density at radius 2 is 2.17 bits per heavy atom. The number of ether oxygens (including phenoxy) is 1. The van der Waals surface area contributed by atoms with Gasteiger partial charge in [0, 0.05) is 16.7 Å². The van der Waals surface area contributed by atoms with Gasteiger partial charge >= 0.3 is 5.97 Å². The summed E-state index contributed by atoms with van der Waals surface area (Å²) in [5.74, 6) is -1.56. The van der Waals surface area contributed by atoms with Gasteiger partial charge < -0.3 is 20.9 Å². The molecule has 0 aromatic heterocycles. The number of nitrogens with one attached hydrogen (secondary N) is 1. The molecule has 0 aliphatic carbocycles. The van der Waals surface area contributed by atoms with E-state index in [1.165, 1.54) is 0 Å². The van der Waals surface area contributed by atoms with Crippen LogP contribution in [0.3, 0.4) is 0 Å². The molecule has 0 aliphatic heterocycles. The summed E-state index contributed by atoms with van der Waals surface area (Å²) in [4.78, 5) is 21.5. The number of anilines is 1. The second kappa shape index (κ2) is 6.97. The van der Waals surface area contributed by atoms with E-state index in [0.717, 1.165) is 0 Å². The number of carboxylic acid groups (broad SMARTS) is 1. The number of rotatable bonds is 7. The number of hydrogen-bond acceptors (Lipinski definition) is 4.